The molecule has 0 amide bonds. The molecule has 0 heterocycles. The molecule has 1 N–H and O–H groups in total. The van der Waals surface area contributed by atoms with Gasteiger partial charge in [-0.25, -0.2) is 0 Å². The molecular formula is C14H13NO3. The zero-order valence-electron chi connectivity index (χ0n) is 9.69. The van der Waals surface area contributed by atoms with Crippen LogP contribution in [0.15, 0.2) is 54.6 Å². The van der Waals surface area contributed by atoms with Crippen molar-refractivity contribution in [1.82, 2.24) is 0 Å². The Bertz CT molecular complexity index is 522. The Balaban J connectivity index is 2.18. The molecule has 0 aliphatic rings. The summed E-state index contributed by atoms with van der Waals surface area (Å²) < 4.78 is 0. The summed E-state index contributed by atoms with van der Waals surface area (Å²) in [4.78, 5) is 9.80. The van der Waals surface area contributed by atoms with E-state index in [1.54, 1.807) is 12.1 Å². The Labute approximate surface area is 105 Å². The summed E-state index contributed by atoms with van der Waals surface area (Å²) in [5.41, 5.74) is 2.66. The minimum atomic E-state index is -1.05. The summed E-state index contributed by atoms with van der Waals surface area (Å²) in [6, 6.07) is 17.0. The van der Waals surface area contributed by atoms with Crippen LogP contribution in [0.5, 0.6) is 0 Å². The maximum atomic E-state index is 10.3. The molecule has 2 rings (SSSR count). The molecule has 4 heteroatoms. The molecule has 4 nitrogen and oxygen atoms in total. The number of aliphatic hydroxyl groups excluding tert-OH is 1. The van der Waals surface area contributed by atoms with Gasteiger partial charge in [-0.3, -0.25) is 10.1 Å². The van der Waals surface area contributed by atoms with Gasteiger partial charge >= 0.3 is 0 Å². The number of rotatable bonds is 4. The number of hydrogen-bond acceptors (Lipinski definition) is 3. The fraction of sp³-hybridized carbons (Fsp3) is 0.143. The van der Waals surface area contributed by atoms with Crippen LogP contribution in [0.3, 0.4) is 0 Å². The third-order valence-electron chi connectivity index (χ3n) is 2.72. The molecule has 92 valence electrons. The third kappa shape index (κ3) is 2.93. The number of nitro groups is 1. The zero-order chi connectivity index (χ0) is 13.0. The predicted molar refractivity (Wildman–Crippen MR) is 68.7 cm³/mol. The summed E-state index contributed by atoms with van der Waals surface area (Å²) in [5, 5.41) is 19.9. The second-order valence-electron chi connectivity index (χ2n) is 4.02. The lowest BCUT2D eigenvalue weighted by Gasteiger charge is -2.07. The van der Waals surface area contributed by atoms with Crippen molar-refractivity contribution < 1.29 is 10.0 Å². The molecular weight excluding hydrogens is 230 g/mol. The highest BCUT2D eigenvalue weighted by molar-refractivity contribution is 5.63. The third-order valence-corrected chi connectivity index (χ3v) is 2.72. The van der Waals surface area contributed by atoms with E-state index in [2.05, 4.69) is 0 Å². The quantitative estimate of drug-likeness (QED) is 0.663. The van der Waals surface area contributed by atoms with Gasteiger partial charge < -0.3 is 5.11 Å². The van der Waals surface area contributed by atoms with Crippen molar-refractivity contribution in [3.05, 3.63) is 70.3 Å². The molecule has 18 heavy (non-hydrogen) atoms. The van der Waals surface area contributed by atoms with Gasteiger partial charge in [0.25, 0.3) is 0 Å². The van der Waals surface area contributed by atoms with E-state index in [-0.39, 0.29) is 0 Å². The van der Waals surface area contributed by atoms with Gasteiger partial charge in [-0.05, 0) is 16.7 Å². The van der Waals surface area contributed by atoms with E-state index in [4.69, 9.17) is 0 Å². The van der Waals surface area contributed by atoms with Gasteiger partial charge in [0.1, 0.15) is 6.10 Å². The number of nitrogens with zero attached hydrogens (tertiary/aromatic N) is 1. The van der Waals surface area contributed by atoms with Crippen LogP contribution in [-0.2, 0) is 0 Å². The van der Waals surface area contributed by atoms with Crippen molar-refractivity contribution in [2.45, 2.75) is 6.10 Å². The molecule has 0 aromatic heterocycles. The predicted octanol–water partition coefficient (Wildman–Crippen LogP) is 2.66. The molecule has 2 aromatic rings. The first-order valence-electron chi connectivity index (χ1n) is 5.62. The fourth-order valence-corrected chi connectivity index (χ4v) is 1.77. The first-order chi connectivity index (χ1) is 8.66. The van der Waals surface area contributed by atoms with E-state index in [1.807, 2.05) is 42.5 Å². The maximum Gasteiger partial charge on any atom is 0.233 e. The first-order valence-corrected chi connectivity index (χ1v) is 5.62. The van der Waals surface area contributed by atoms with Crippen LogP contribution in [0.1, 0.15) is 11.7 Å². The van der Waals surface area contributed by atoms with Crippen LogP contribution >= 0.6 is 0 Å². The maximum absolute atomic E-state index is 10.3. The lowest BCUT2D eigenvalue weighted by Crippen LogP contribution is -2.11. The molecule has 0 saturated carbocycles. The summed E-state index contributed by atoms with van der Waals surface area (Å²) in [5.74, 6) is 0. The Hall–Kier alpha value is -2.20. The highest BCUT2D eigenvalue weighted by Crippen LogP contribution is 2.21. The van der Waals surface area contributed by atoms with E-state index in [0.29, 0.717) is 5.56 Å². The smallest absolute Gasteiger partial charge is 0.233 e. The van der Waals surface area contributed by atoms with Crippen molar-refractivity contribution in [3.63, 3.8) is 0 Å². The Morgan fingerprint density at radius 3 is 2.11 bits per heavy atom. The lowest BCUT2D eigenvalue weighted by molar-refractivity contribution is -0.491. The summed E-state index contributed by atoms with van der Waals surface area (Å²) in [6.07, 6.45) is -1.05. The van der Waals surface area contributed by atoms with E-state index in [9.17, 15) is 15.2 Å². The highest BCUT2D eigenvalue weighted by atomic mass is 16.6. The molecule has 0 unspecified atom stereocenters. The number of aliphatic hydroxyl groups is 1. The van der Waals surface area contributed by atoms with E-state index < -0.39 is 17.6 Å². The van der Waals surface area contributed by atoms with E-state index in [1.165, 1.54) is 0 Å². The van der Waals surface area contributed by atoms with Crippen LogP contribution in [-0.4, -0.2) is 16.6 Å². The van der Waals surface area contributed by atoms with Gasteiger partial charge in [-0.2, -0.15) is 0 Å². The minimum Gasteiger partial charge on any atom is -0.382 e. The average Bonchev–Trinajstić information content (AvgIpc) is 2.39. The molecule has 0 aliphatic carbocycles. The minimum absolute atomic E-state index is 0.468. The largest absolute Gasteiger partial charge is 0.382 e. The van der Waals surface area contributed by atoms with Crippen LogP contribution in [0.4, 0.5) is 0 Å². The molecule has 0 aliphatic heterocycles. The van der Waals surface area contributed by atoms with Crippen molar-refractivity contribution in [2.24, 2.45) is 0 Å². The molecule has 0 spiro atoms. The summed E-state index contributed by atoms with van der Waals surface area (Å²) in [6.45, 7) is -0.468. The molecule has 0 radical (unpaired) electrons. The highest BCUT2D eigenvalue weighted by Gasteiger charge is 2.13. The normalized spacial score (nSPS) is 12.1. The number of benzene rings is 2. The Kier molecular flexibility index (Phi) is 3.69. The van der Waals surface area contributed by atoms with E-state index in [0.717, 1.165) is 11.1 Å². The fourth-order valence-electron chi connectivity index (χ4n) is 1.77. The summed E-state index contributed by atoms with van der Waals surface area (Å²) >= 11 is 0. The van der Waals surface area contributed by atoms with E-state index >= 15 is 0 Å². The number of hydrogen-bond donors (Lipinski definition) is 1. The molecule has 2 aromatic carbocycles. The molecule has 1 atom stereocenters. The van der Waals surface area contributed by atoms with Gasteiger partial charge in [0.15, 0.2) is 0 Å². The molecule has 0 bridgehead atoms. The topological polar surface area (TPSA) is 63.4 Å². The van der Waals surface area contributed by atoms with Crippen LogP contribution < -0.4 is 0 Å². The standard InChI is InChI=1S/C14H13NO3/c16-14(10-15(17)18)13-8-6-12(7-9-13)11-4-2-1-3-5-11/h1-9,14,16H,10H2/t14-/m1/s1. The van der Waals surface area contributed by atoms with Gasteiger partial charge in [-0.1, -0.05) is 54.6 Å². The van der Waals surface area contributed by atoms with Crippen LogP contribution in [0, 0.1) is 10.1 Å². The average molecular weight is 243 g/mol. The van der Waals surface area contributed by atoms with Gasteiger partial charge in [0, 0.05) is 4.92 Å². The van der Waals surface area contributed by atoms with Crippen molar-refractivity contribution in [2.75, 3.05) is 6.54 Å². The lowest BCUT2D eigenvalue weighted by atomic mass is 10.0. The van der Waals surface area contributed by atoms with Crippen molar-refractivity contribution in [3.8, 4) is 11.1 Å². The molecule has 0 fully saturated rings. The summed E-state index contributed by atoms with van der Waals surface area (Å²) in [7, 11) is 0. The van der Waals surface area contributed by atoms with Crippen molar-refractivity contribution >= 4 is 0 Å². The monoisotopic (exact) mass is 243 g/mol. The van der Waals surface area contributed by atoms with Gasteiger partial charge in [0.05, 0.1) is 0 Å². The van der Waals surface area contributed by atoms with Gasteiger partial charge in [0.2, 0.25) is 6.54 Å². The Morgan fingerprint density at radius 2 is 1.56 bits per heavy atom. The van der Waals surface area contributed by atoms with Gasteiger partial charge in [-0.15, -0.1) is 0 Å². The Morgan fingerprint density at radius 1 is 1.00 bits per heavy atom. The SMILES string of the molecule is O=[N+]([O-])C[C@@H](O)c1ccc(-c2ccccc2)cc1. The van der Waals surface area contributed by atoms with Crippen molar-refractivity contribution in [1.29, 1.82) is 0 Å². The second-order valence-corrected chi connectivity index (χ2v) is 4.02. The zero-order valence-corrected chi connectivity index (χ0v) is 9.69. The second kappa shape index (κ2) is 5.42. The van der Waals surface area contributed by atoms with Crippen LogP contribution in [0.2, 0.25) is 0 Å². The van der Waals surface area contributed by atoms with Crippen LogP contribution in [0.25, 0.3) is 11.1 Å². The molecule has 0 saturated heterocycles. The first kappa shape index (κ1) is 12.3.